The van der Waals surface area contributed by atoms with Crippen LogP contribution in [0.5, 0.6) is 0 Å². The number of rotatable bonds is 2. The van der Waals surface area contributed by atoms with Crippen LogP contribution in [0.2, 0.25) is 0 Å². The highest BCUT2D eigenvalue weighted by molar-refractivity contribution is 5.82. The minimum Gasteiger partial charge on any atom is -0.338 e. The average molecular weight is 236 g/mol. The molecular weight excluding hydrogens is 212 g/mol. The summed E-state index contributed by atoms with van der Waals surface area (Å²) in [4.78, 5) is 14.6. The van der Waals surface area contributed by atoms with Gasteiger partial charge in [0.1, 0.15) is 0 Å². The first-order chi connectivity index (χ1) is 8.22. The summed E-state index contributed by atoms with van der Waals surface area (Å²) >= 11 is 0. The molecular formula is C14H24N2O. The number of likely N-dealkylation sites (tertiary alicyclic amines) is 1. The number of hydrogen-bond donors (Lipinski definition) is 1. The highest BCUT2D eigenvalue weighted by Gasteiger charge is 2.32. The molecule has 0 radical (unpaired) electrons. The van der Waals surface area contributed by atoms with E-state index in [1.807, 2.05) is 7.05 Å². The minimum atomic E-state index is 0.0332. The van der Waals surface area contributed by atoms with Gasteiger partial charge in [-0.1, -0.05) is 19.1 Å². The number of likely N-dealkylation sites (N-methyl/N-ethyl adjacent to an activating group) is 1. The molecule has 1 aliphatic heterocycles. The van der Waals surface area contributed by atoms with Crippen LogP contribution in [0.25, 0.3) is 0 Å². The molecule has 2 rings (SSSR count). The monoisotopic (exact) mass is 236 g/mol. The Morgan fingerprint density at radius 2 is 2.12 bits per heavy atom. The van der Waals surface area contributed by atoms with Crippen molar-refractivity contribution in [1.29, 1.82) is 0 Å². The molecule has 2 aliphatic rings. The number of nitrogens with zero attached hydrogens (tertiary/aromatic N) is 1. The summed E-state index contributed by atoms with van der Waals surface area (Å²) in [5.74, 6) is 0.945. The molecule has 0 aromatic carbocycles. The smallest absolute Gasteiger partial charge is 0.239 e. The first-order valence-corrected chi connectivity index (χ1v) is 6.85. The van der Waals surface area contributed by atoms with Crippen LogP contribution in [0.4, 0.5) is 0 Å². The van der Waals surface area contributed by atoms with Crippen LogP contribution in [0.1, 0.15) is 39.0 Å². The zero-order valence-corrected chi connectivity index (χ0v) is 11.0. The van der Waals surface area contributed by atoms with E-state index in [-0.39, 0.29) is 6.04 Å². The lowest BCUT2D eigenvalue weighted by molar-refractivity contribution is -0.135. The highest BCUT2D eigenvalue weighted by atomic mass is 16.2. The van der Waals surface area contributed by atoms with Crippen LogP contribution in [0, 0.1) is 5.92 Å². The molecule has 0 saturated carbocycles. The van der Waals surface area contributed by atoms with Crippen LogP contribution in [-0.4, -0.2) is 36.5 Å². The molecule has 96 valence electrons. The second-order valence-electron chi connectivity index (χ2n) is 5.45. The molecule has 3 atom stereocenters. The van der Waals surface area contributed by atoms with Crippen molar-refractivity contribution in [3.05, 3.63) is 12.2 Å². The van der Waals surface area contributed by atoms with Gasteiger partial charge in [-0.3, -0.25) is 4.79 Å². The third-order valence-corrected chi connectivity index (χ3v) is 4.07. The normalized spacial score (nSPS) is 34.8. The Labute approximate surface area is 104 Å². The lowest BCUT2D eigenvalue weighted by Crippen LogP contribution is -2.49. The van der Waals surface area contributed by atoms with Crippen molar-refractivity contribution >= 4 is 5.91 Å². The Morgan fingerprint density at radius 3 is 2.76 bits per heavy atom. The molecule has 1 heterocycles. The van der Waals surface area contributed by atoms with Gasteiger partial charge in [-0.25, -0.2) is 0 Å². The van der Waals surface area contributed by atoms with E-state index in [4.69, 9.17) is 0 Å². The van der Waals surface area contributed by atoms with Gasteiger partial charge in [0.15, 0.2) is 0 Å². The van der Waals surface area contributed by atoms with E-state index in [2.05, 4.69) is 29.3 Å². The van der Waals surface area contributed by atoms with E-state index in [1.165, 1.54) is 0 Å². The molecule has 0 spiro atoms. The third kappa shape index (κ3) is 2.89. The van der Waals surface area contributed by atoms with Crippen molar-refractivity contribution in [2.24, 2.45) is 5.92 Å². The van der Waals surface area contributed by atoms with Crippen molar-refractivity contribution < 1.29 is 4.79 Å². The second-order valence-corrected chi connectivity index (χ2v) is 5.45. The number of carbonyl (C=O) groups is 1. The molecule has 1 saturated heterocycles. The largest absolute Gasteiger partial charge is 0.338 e. The molecule has 3 heteroatoms. The fourth-order valence-electron chi connectivity index (χ4n) is 2.95. The van der Waals surface area contributed by atoms with E-state index in [0.717, 1.165) is 38.6 Å². The van der Waals surface area contributed by atoms with Crippen molar-refractivity contribution in [2.45, 2.75) is 51.1 Å². The molecule has 0 bridgehead atoms. The summed E-state index contributed by atoms with van der Waals surface area (Å²) in [6.07, 6.45) is 9.88. The highest BCUT2D eigenvalue weighted by Crippen LogP contribution is 2.24. The molecule has 0 aromatic heterocycles. The Hall–Kier alpha value is -0.830. The summed E-state index contributed by atoms with van der Waals surface area (Å²) in [5, 5.41) is 3.17. The summed E-state index contributed by atoms with van der Waals surface area (Å²) in [6.45, 7) is 3.20. The lowest BCUT2D eigenvalue weighted by atomic mass is 9.99. The van der Waals surface area contributed by atoms with E-state index >= 15 is 0 Å². The fourth-order valence-corrected chi connectivity index (χ4v) is 2.95. The molecule has 0 aromatic rings. The van der Waals surface area contributed by atoms with Gasteiger partial charge < -0.3 is 10.2 Å². The molecule has 3 nitrogen and oxygen atoms in total. The Kier molecular flexibility index (Phi) is 4.21. The SMILES string of the molecule is CNC1CCC(C)CN(C2CC=CCC2)C1=O. The van der Waals surface area contributed by atoms with Crippen LogP contribution in [0.15, 0.2) is 12.2 Å². The van der Waals surface area contributed by atoms with Gasteiger partial charge in [0.25, 0.3) is 0 Å². The number of carbonyl (C=O) groups excluding carboxylic acids is 1. The van der Waals surface area contributed by atoms with E-state index < -0.39 is 0 Å². The zero-order valence-electron chi connectivity index (χ0n) is 11.0. The van der Waals surface area contributed by atoms with Gasteiger partial charge in [-0.05, 0) is 45.1 Å². The molecule has 1 N–H and O–H groups in total. The summed E-state index contributed by atoms with van der Waals surface area (Å²) in [6, 6.07) is 0.467. The van der Waals surface area contributed by atoms with Crippen molar-refractivity contribution in [2.75, 3.05) is 13.6 Å². The maximum absolute atomic E-state index is 12.5. The molecule has 1 amide bonds. The number of nitrogens with one attached hydrogen (secondary N) is 1. The molecule has 1 aliphatic carbocycles. The van der Waals surface area contributed by atoms with Crippen molar-refractivity contribution in [3.63, 3.8) is 0 Å². The number of amides is 1. The van der Waals surface area contributed by atoms with E-state index in [9.17, 15) is 4.79 Å². The minimum absolute atomic E-state index is 0.0332. The van der Waals surface area contributed by atoms with Crippen LogP contribution < -0.4 is 5.32 Å². The Balaban J connectivity index is 2.10. The van der Waals surface area contributed by atoms with Crippen LogP contribution in [0.3, 0.4) is 0 Å². The standard InChI is InChI=1S/C14H24N2O/c1-11-8-9-13(15-2)14(17)16(10-11)12-6-4-3-5-7-12/h3-4,11-13,15H,5-10H2,1-2H3. The van der Waals surface area contributed by atoms with Gasteiger partial charge in [0.05, 0.1) is 6.04 Å². The van der Waals surface area contributed by atoms with Gasteiger partial charge in [0, 0.05) is 12.6 Å². The molecule has 3 unspecified atom stereocenters. The van der Waals surface area contributed by atoms with Gasteiger partial charge in [0.2, 0.25) is 5.91 Å². The predicted octanol–water partition coefficient (Wildman–Crippen LogP) is 1.94. The third-order valence-electron chi connectivity index (χ3n) is 4.07. The zero-order chi connectivity index (χ0) is 12.3. The number of hydrogen-bond acceptors (Lipinski definition) is 2. The molecule has 1 fully saturated rings. The fraction of sp³-hybridized carbons (Fsp3) is 0.786. The maximum atomic E-state index is 12.5. The summed E-state index contributed by atoms with van der Waals surface area (Å²) < 4.78 is 0. The topological polar surface area (TPSA) is 32.3 Å². The van der Waals surface area contributed by atoms with E-state index in [1.54, 1.807) is 0 Å². The van der Waals surface area contributed by atoms with Gasteiger partial charge in [-0.15, -0.1) is 0 Å². The quantitative estimate of drug-likeness (QED) is 0.743. The van der Waals surface area contributed by atoms with Crippen LogP contribution in [-0.2, 0) is 4.79 Å². The number of allylic oxidation sites excluding steroid dienone is 1. The molecule has 17 heavy (non-hydrogen) atoms. The first kappa shape index (κ1) is 12.6. The Morgan fingerprint density at radius 1 is 1.29 bits per heavy atom. The lowest BCUT2D eigenvalue weighted by Gasteiger charge is -2.34. The summed E-state index contributed by atoms with van der Waals surface area (Å²) in [5.41, 5.74) is 0. The average Bonchev–Trinajstić information content (AvgIpc) is 2.50. The van der Waals surface area contributed by atoms with Crippen molar-refractivity contribution in [3.8, 4) is 0 Å². The Bertz CT molecular complexity index is 301. The summed E-state index contributed by atoms with van der Waals surface area (Å²) in [7, 11) is 1.90. The van der Waals surface area contributed by atoms with E-state index in [0.29, 0.717) is 17.9 Å². The second kappa shape index (κ2) is 5.67. The predicted molar refractivity (Wildman–Crippen MR) is 69.7 cm³/mol. The van der Waals surface area contributed by atoms with Crippen LogP contribution >= 0.6 is 0 Å². The van der Waals surface area contributed by atoms with Gasteiger partial charge in [-0.2, -0.15) is 0 Å². The van der Waals surface area contributed by atoms with Gasteiger partial charge >= 0.3 is 0 Å². The first-order valence-electron chi connectivity index (χ1n) is 6.85. The van der Waals surface area contributed by atoms with Crippen molar-refractivity contribution in [1.82, 2.24) is 10.2 Å². The maximum Gasteiger partial charge on any atom is 0.239 e.